The van der Waals surface area contributed by atoms with Crippen molar-refractivity contribution in [3.8, 4) is 5.75 Å². The van der Waals surface area contributed by atoms with Crippen molar-refractivity contribution in [3.63, 3.8) is 0 Å². The zero-order chi connectivity index (χ0) is 16.8. The van der Waals surface area contributed by atoms with Gasteiger partial charge in [-0.3, -0.25) is 0 Å². The minimum absolute atomic E-state index is 0.153. The number of rotatable bonds is 5. The molecule has 22 heavy (non-hydrogen) atoms. The molecule has 0 saturated carbocycles. The number of benzene rings is 1. The number of hydrogen-bond acceptors (Lipinski definition) is 6. The van der Waals surface area contributed by atoms with E-state index in [0.29, 0.717) is 13.0 Å². The number of phenols is 1. The number of carbonyl (C=O) groups excluding carboxylic acids is 2. The third kappa shape index (κ3) is 6.58. The lowest BCUT2D eigenvalue weighted by molar-refractivity contribution is -0.143. The second-order valence-corrected chi connectivity index (χ2v) is 5.87. The quantitative estimate of drug-likeness (QED) is 0.642. The Morgan fingerprint density at radius 1 is 1.23 bits per heavy atom. The summed E-state index contributed by atoms with van der Waals surface area (Å²) in [6.45, 7) is 7.47. The highest BCUT2D eigenvalue weighted by Crippen LogP contribution is 2.13. The number of hydrogen-bond donors (Lipinski definition) is 2. The summed E-state index contributed by atoms with van der Waals surface area (Å²) in [4.78, 5) is 23.6. The zero-order valence-corrected chi connectivity index (χ0v) is 13.4. The van der Waals surface area contributed by atoms with Crippen molar-refractivity contribution in [1.82, 2.24) is 5.32 Å². The van der Waals surface area contributed by atoms with Gasteiger partial charge < -0.3 is 19.9 Å². The SMILES string of the molecule is CCNC(Cc1ccc(O)cc1)C(=O)OC(=O)OC(C)(C)C. The Kier molecular flexibility index (Phi) is 6.37. The van der Waals surface area contributed by atoms with Gasteiger partial charge in [0.2, 0.25) is 0 Å². The van der Waals surface area contributed by atoms with Gasteiger partial charge in [-0.15, -0.1) is 0 Å². The summed E-state index contributed by atoms with van der Waals surface area (Å²) in [5.41, 5.74) is 0.118. The van der Waals surface area contributed by atoms with Crippen LogP contribution in [-0.4, -0.2) is 35.4 Å². The highest BCUT2D eigenvalue weighted by Gasteiger charge is 2.25. The number of likely N-dealkylation sites (N-methyl/N-ethyl adjacent to an activating group) is 1. The lowest BCUT2D eigenvalue weighted by Crippen LogP contribution is -2.41. The number of aromatic hydroxyl groups is 1. The molecule has 1 atom stereocenters. The highest BCUT2D eigenvalue weighted by molar-refractivity contribution is 5.85. The van der Waals surface area contributed by atoms with Crippen molar-refractivity contribution >= 4 is 12.1 Å². The summed E-state index contributed by atoms with van der Waals surface area (Å²) in [6.07, 6.45) is -0.665. The van der Waals surface area contributed by atoms with Gasteiger partial charge in [-0.2, -0.15) is 0 Å². The van der Waals surface area contributed by atoms with Crippen LogP contribution in [0.4, 0.5) is 4.79 Å². The van der Waals surface area contributed by atoms with Gasteiger partial charge in [0.15, 0.2) is 0 Å². The van der Waals surface area contributed by atoms with Gasteiger partial charge in [0.1, 0.15) is 17.4 Å². The molecule has 0 aromatic heterocycles. The Morgan fingerprint density at radius 3 is 2.32 bits per heavy atom. The van der Waals surface area contributed by atoms with E-state index in [4.69, 9.17) is 9.47 Å². The maximum absolute atomic E-state index is 12.1. The highest BCUT2D eigenvalue weighted by atomic mass is 16.7. The molecule has 0 aliphatic rings. The second kappa shape index (κ2) is 7.79. The first kappa shape index (κ1) is 18.0. The van der Waals surface area contributed by atoms with Crippen LogP contribution >= 0.6 is 0 Å². The van der Waals surface area contributed by atoms with Crippen molar-refractivity contribution in [3.05, 3.63) is 29.8 Å². The fourth-order valence-corrected chi connectivity index (χ4v) is 1.78. The van der Waals surface area contributed by atoms with Crippen LogP contribution in [0.25, 0.3) is 0 Å². The second-order valence-electron chi connectivity index (χ2n) is 5.87. The molecule has 122 valence electrons. The van der Waals surface area contributed by atoms with Crippen molar-refractivity contribution in [2.75, 3.05) is 6.54 Å². The molecule has 0 aliphatic carbocycles. The summed E-state index contributed by atoms with van der Waals surface area (Å²) >= 11 is 0. The van der Waals surface area contributed by atoms with Gasteiger partial charge in [0, 0.05) is 0 Å². The van der Waals surface area contributed by atoms with E-state index >= 15 is 0 Å². The van der Waals surface area contributed by atoms with Gasteiger partial charge in [-0.05, 0) is 51.4 Å². The van der Waals surface area contributed by atoms with Crippen LogP contribution in [0.15, 0.2) is 24.3 Å². The zero-order valence-electron chi connectivity index (χ0n) is 13.4. The fraction of sp³-hybridized carbons (Fsp3) is 0.500. The topological polar surface area (TPSA) is 84.9 Å². The molecule has 0 saturated heterocycles. The smallest absolute Gasteiger partial charge is 0.508 e. The third-order valence-corrected chi connectivity index (χ3v) is 2.68. The average Bonchev–Trinajstić information content (AvgIpc) is 2.38. The number of nitrogens with one attached hydrogen (secondary N) is 1. The molecule has 1 aromatic carbocycles. The number of ether oxygens (including phenoxy) is 2. The number of phenolic OH excluding ortho intramolecular Hbond substituents is 1. The van der Waals surface area contributed by atoms with E-state index in [1.54, 1.807) is 32.9 Å². The van der Waals surface area contributed by atoms with Crippen molar-refractivity contribution in [1.29, 1.82) is 0 Å². The molecule has 1 aromatic rings. The van der Waals surface area contributed by atoms with E-state index in [1.165, 1.54) is 12.1 Å². The van der Waals surface area contributed by atoms with Crippen LogP contribution < -0.4 is 5.32 Å². The van der Waals surface area contributed by atoms with Crippen molar-refractivity contribution in [2.45, 2.75) is 45.8 Å². The third-order valence-electron chi connectivity index (χ3n) is 2.68. The van der Waals surface area contributed by atoms with Crippen LogP contribution in [0.2, 0.25) is 0 Å². The van der Waals surface area contributed by atoms with E-state index in [0.717, 1.165) is 5.56 Å². The molecule has 0 aliphatic heterocycles. The molecule has 2 N–H and O–H groups in total. The van der Waals surface area contributed by atoms with E-state index in [1.807, 2.05) is 6.92 Å². The first-order valence-corrected chi connectivity index (χ1v) is 7.17. The minimum atomic E-state index is -1.01. The molecular formula is C16H23NO5. The van der Waals surface area contributed by atoms with Gasteiger partial charge in [0.05, 0.1) is 0 Å². The first-order valence-electron chi connectivity index (χ1n) is 7.17. The van der Waals surface area contributed by atoms with Crippen molar-refractivity contribution < 1.29 is 24.2 Å². The maximum Gasteiger partial charge on any atom is 0.516 e. The predicted octanol–water partition coefficient (Wildman–Crippen LogP) is 2.39. The molecule has 0 heterocycles. The first-order chi connectivity index (χ1) is 10.2. The summed E-state index contributed by atoms with van der Waals surface area (Å²) in [7, 11) is 0. The normalized spacial score (nSPS) is 12.5. The summed E-state index contributed by atoms with van der Waals surface area (Å²) in [5.74, 6) is -0.538. The van der Waals surface area contributed by atoms with E-state index in [9.17, 15) is 14.7 Å². The fourth-order valence-electron chi connectivity index (χ4n) is 1.78. The Bertz CT molecular complexity index is 504. The Morgan fingerprint density at radius 2 is 1.82 bits per heavy atom. The Balaban J connectivity index is 2.67. The molecule has 0 spiro atoms. The van der Waals surface area contributed by atoms with Gasteiger partial charge >= 0.3 is 12.1 Å². The van der Waals surface area contributed by atoms with Gasteiger partial charge in [0.25, 0.3) is 0 Å². The van der Waals surface area contributed by atoms with E-state index in [-0.39, 0.29) is 5.75 Å². The predicted molar refractivity (Wildman–Crippen MR) is 81.6 cm³/mol. The molecule has 1 rings (SSSR count). The number of esters is 1. The molecule has 0 bridgehead atoms. The minimum Gasteiger partial charge on any atom is -0.508 e. The average molecular weight is 309 g/mol. The van der Waals surface area contributed by atoms with Crippen LogP contribution in [0, 0.1) is 0 Å². The van der Waals surface area contributed by atoms with E-state index in [2.05, 4.69) is 5.32 Å². The Hall–Kier alpha value is -2.08. The lowest BCUT2D eigenvalue weighted by Gasteiger charge is -2.20. The summed E-state index contributed by atoms with van der Waals surface area (Å²) < 4.78 is 9.68. The van der Waals surface area contributed by atoms with Gasteiger partial charge in [-0.1, -0.05) is 19.1 Å². The molecular weight excluding hydrogens is 286 g/mol. The number of carbonyl (C=O) groups is 2. The molecule has 0 fully saturated rings. The van der Waals surface area contributed by atoms with Crippen molar-refractivity contribution in [2.24, 2.45) is 0 Å². The standard InChI is InChI=1S/C16H23NO5/c1-5-17-13(10-11-6-8-12(18)9-7-11)14(19)21-15(20)22-16(2,3)4/h6-9,13,17-18H,5,10H2,1-4H3. The molecule has 0 amide bonds. The summed E-state index contributed by atoms with van der Waals surface area (Å²) in [6, 6.07) is 5.83. The van der Waals surface area contributed by atoms with Crippen LogP contribution in [0.1, 0.15) is 33.3 Å². The van der Waals surface area contributed by atoms with Crippen LogP contribution in [0.5, 0.6) is 5.75 Å². The lowest BCUT2D eigenvalue weighted by atomic mass is 10.1. The maximum atomic E-state index is 12.1. The van der Waals surface area contributed by atoms with Gasteiger partial charge in [-0.25, -0.2) is 9.59 Å². The Labute approximate surface area is 130 Å². The van der Waals surface area contributed by atoms with Crippen LogP contribution in [0.3, 0.4) is 0 Å². The molecule has 1 unspecified atom stereocenters. The van der Waals surface area contributed by atoms with E-state index < -0.39 is 23.8 Å². The monoisotopic (exact) mass is 309 g/mol. The molecule has 6 nitrogen and oxygen atoms in total. The summed E-state index contributed by atoms with van der Waals surface area (Å²) in [5, 5.41) is 12.2. The van der Waals surface area contributed by atoms with Crippen LogP contribution in [-0.2, 0) is 20.7 Å². The molecule has 0 radical (unpaired) electrons. The molecule has 6 heteroatoms. The largest absolute Gasteiger partial charge is 0.516 e.